The van der Waals surface area contributed by atoms with E-state index in [1.807, 2.05) is 49.4 Å². The van der Waals surface area contributed by atoms with Crippen molar-refractivity contribution in [2.75, 3.05) is 27.1 Å². The molecule has 3 aromatic carbocycles. The molecule has 0 radical (unpaired) electrons. The predicted octanol–water partition coefficient (Wildman–Crippen LogP) is 5.04. The molecule has 1 aliphatic carbocycles. The molecule has 1 heterocycles. The van der Waals surface area contributed by atoms with E-state index in [9.17, 15) is 19.8 Å². The van der Waals surface area contributed by atoms with Crippen LogP contribution in [0.5, 0.6) is 28.7 Å². The lowest BCUT2D eigenvalue weighted by atomic mass is 9.77. The SMILES string of the molecule is CCCOc1ccc2c(c1)[C@@H](c1ccc(OC)cc1OCC(=O)O)[C@H](CC(=O)O)[C@H]2c1ccc2c(c1)OCO2. The van der Waals surface area contributed by atoms with Crippen molar-refractivity contribution in [2.24, 2.45) is 5.92 Å². The Morgan fingerprint density at radius 1 is 0.846 bits per heavy atom. The molecule has 0 fully saturated rings. The smallest absolute Gasteiger partial charge is 0.341 e. The number of aliphatic carboxylic acids is 2. The van der Waals surface area contributed by atoms with Crippen LogP contribution in [0.1, 0.15) is 53.9 Å². The maximum atomic E-state index is 12.3. The Hall–Kier alpha value is -4.40. The standard InChI is InChI=1S/C30H30O9/c1-3-10-36-19-6-7-20-22(12-19)30(21-8-5-18(35-2)13-25(21)37-15-28(33)34)23(14-27(31)32)29(20)17-4-9-24-26(11-17)39-16-38-24/h4-9,11-13,23,29-30H,3,10,14-16H2,1-2H3,(H,31,32)(H,33,34)/t23-,29+,30-/m1/s1. The summed E-state index contributed by atoms with van der Waals surface area (Å²) in [5.41, 5.74) is 3.45. The normalized spacial score (nSPS) is 18.9. The third-order valence-electron chi connectivity index (χ3n) is 7.13. The molecule has 9 heteroatoms. The number of hydrogen-bond acceptors (Lipinski definition) is 7. The molecule has 3 aromatic rings. The number of methoxy groups -OCH3 is 1. The van der Waals surface area contributed by atoms with Crippen LogP contribution >= 0.6 is 0 Å². The summed E-state index contributed by atoms with van der Waals surface area (Å²) in [7, 11) is 1.51. The molecule has 2 N–H and O–H groups in total. The van der Waals surface area contributed by atoms with Gasteiger partial charge in [0.05, 0.1) is 13.7 Å². The van der Waals surface area contributed by atoms with Gasteiger partial charge in [-0.1, -0.05) is 25.1 Å². The van der Waals surface area contributed by atoms with E-state index >= 15 is 0 Å². The van der Waals surface area contributed by atoms with E-state index in [1.54, 1.807) is 12.1 Å². The largest absolute Gasteiger partial charge is 0.497 e. The second-order valence-corrected chi connectivity index (χ2v) is 9.56. The summed E-state index contributed by atoms with van der Waals surface area (Å²) in [5, 5.41) is 19.3. The van der Waals surface area contributed by atoms with Gasteiger partial charge in [-0.15, -0.1) is 0 Å². The minimum Gasteiger partial charge on any atom is -0.497 e. The van der Waals surface area contributed by atoms with E-state index in [0.29, 0.717) is 40.9 Å². The van der Waals surface area contributed by atoms with Crippen LogP contribution in [-0.4, -0.2) is 49.3 Å². The van der Waals surface area contributed by atoms with Gasteiger partial charge in [0, 0.05) is 29.9 Å². The summed E-state index contributed by atoms with van der Waals surface area (Å²) in [6.07, 6.45) is 0.710. The molecule has 0 bridgehead atoms. The topological polar surface area (TPSA) is 121 Å². The van der Waals surface area contributed by atoms with Crippen LogP contribution in [0.4, 0.5) is 0 Å². The Kier molecular flexibility index (Phi) is 7.49. The summed E-state index contributed by atoms with van der Waals surface area (Å²) in [4.78, 5) is 23.6. The van der Waals surface area contributed by atoms with E-state index in [2.05, 4.69) is 0 Å². The average Bonchev–Trinajstić information content (AvgIpc) is 3.51. The van der Waals surface area contributed by atoms with Crippen molar-refractivity contribution in [3.63, 3.8) is 0 Å². The Bertz CT molecular complexity index is 1380. The molecule has 0 saturated carbocycles. The van der Waals surface area contributed by atoms with Crippen molar-refractivity contribution in [3.8, 4) is 28.7 Å². The van der Waals surface area contributed by atoms with Crippen molar-refractivity contribution >= 4 is 11.9 Å². The second kappa shape index (κ2) is 11.1. The van der Waals surface area contributed by atoms with Crippen LogP contribution in [-0.2, 0) is 9.59 Å². The summed E-state index contributed by atoms with van der Waals surface area (Å²) >= 11 is 0. The van der Waals surface area contributed by atoms with E-state index in [4.69, 9.17) is 23.7 Å². The fourth-order valence-electron chi connectivity index (χ4n) is 5.60. The first-order chi connectivity index (χ1) is 18.9. The average molecular weight is 535 g/mol. The number of carboxylic acid groups (broad SMARTS) is 2. The summed E-state index contributed by atoms with van der Waals surface area (Å²) in [5.74, 6) is -0.415. The quantitative estimate of drug-likeness (QED) is 0.348. The molecule has 3 atom stereocenters. The van der Waals surface area contributed by atoms with Crippen molar-refractivity contribution in [2.45, 2.75) is 31.6 Å². The third-order valence-corrected chi connectivity index (χ3v) is 7.13. The van der Waals surface area contributed by atoms with Gasteiger partial charge in [-0.25, -0.2) is 4.79 Å². The first-order valence-electron chi connectivity index (χ1n) is 12.8. The number of fused-ring (bicyclic) bond motifs is 2. The number of benzene rings is 3. The van der Waals surface area contributed by atoms with Crippen molar-refractivity contribution in [1.29, 1.82) is 0 Å². The molecule has 5 rings (SSSR count). The maximum absolute atomic E-state index is 12.3. The van der Waals surface area contributed by atoms with Gasteiger partial charge in [-0.3, -0.25) is 4.79 Å². The van der Waals surface area contributed by atoms with Crippen LogP contribution in [0.2, 0.25) is 0 Å². The first kappa shape index (κ1) is 26.2. The molecule has 204 valence electrons. The molecule has 39 heavy (non-hydrogen) atoms. The number of carboxylic acids is 2. The number of ether oxygens (including phenoxy) is 5. The fourth-order valence-corrected chi connectivity index (χ4v) is 5.60. The van der Waals surface area contributed by atoms with Gasteiger partial charge in [0.2, 0.25) is 6.79 Å². The summed E-state index contributed by atoms with van der Waals surface area (Å²) in [6.45, 7) is 2.16. The van der Waals surface area contributed by atoms with Gasteiger partial charge < -0.3 is 33.9 Å². The molecule has 2 aliphatic rings. The van der Waals surface area contributed by atoms with Gasteiger partial charge in [0.15, 0.2) is 18.1 Å². The van der Waals surface area contributed by atoms with Crippen LogP contribution < -0.4 is 23.7 Å². The second-order valence-electron chi connectivity index (χ2n) is 9.56. The summed E-state index contributed by atoms with van der Waals surface area (Å²) < 4.78 is 28.2. The molecule has 0 aromatic heterocycles. The first-order valence-corrected chi connectivity index (χ1v) is 12.8. The van der Waals surface area contributed by atoms with E-state index in [0.717, 1.165) is 23.1 Å². The van der Waals surface area contributed by atoms with Gasteiger partial charge in [-0.2, -0.15) is 0 Å². The Labute approximate surface area is 225 Å². The van der Waals surface area contributed by atoms with Crippen LogP contribution in [0.15, 0.2) is 54.6 Å². The van der Waals surface area contributed by atoms with E-state index in [-0.39, 0.29) is 19.1 Å². The van der Waals surface area contributed by atoms with Crippen molar-refractivity contribution < 1.29 is 43.5 Å². The van der Waals surface area contributed by atoms with Crippen LogP contribution in [0, 0.1) is 5.92 Å². The highest BCUT2D eigenvalue weighted by atomic mass is 16.7. The Morgan fingerprint density at radius 3 is 2.36 bits per heavy atom. The van der Waals surface area contributed by atoms with E-state index < -0.39 is 30.4 Å². The highest BCUT2D eigenvalue weighted by molar-refractivity contribution is 5.70. The molecule has 9 nitrogen and oxygen atoms in total. The molecule has 1 aliphatic heterocycles. The lowest BCUT2D eigenvalue weighted by Gasteiger charge is -2.27. The van der Waals surface area contributed by atoms with Crippen molar-refractivity contribution in [3.05, 3.63) is 76.9 Å². The Balaban J connectivity index is 1.69. The number of carbonyl (C=O) groups is 2. The molecular weight excluding hydrogens is 504 g/mol. The van der Waals surface area contributed by atoms with Gasteiger partial charge in [0.1, 0.15) is 17.2 Å². The number of hydrogen-bond donors (Lipinski definition) is 2. The summed E-state index contributed by atoms with van der Waals surface area (Å²) in [6, 6.07) is 16.8. The highest BCUT2D eigenvalue weighted by Gasteiger charge is 2.45. The zero-order chi connectivity index (χ0) is 27.5. The lowest BCUT2D eigenvalue weighted by molar-refractivity contribution is -0.139. The molecule has 0 unspecified atom stereocenters. The minimum atomic E-state index is -1.12. The monoisotopic (exact) mass is 534 g/mol. The van der Waals surface area contributed by atoms with Crippen LogP contribution in [0.25, 0.3) is 0 Å². The van der Waals surface area contributed by atoms with Crippen molar-refractivity contribution in [1.82, 2.24) is 0 Å². The third kappa shape index (κ3) is 5.30. The van der Waals surface area contributed by atoms with Crippen LogP contribution in [0.3, 0.4) is 0 Å². The minimum absolute atomic E-state index is 0.131. The lowest BCUT2D eigenvalue weighted by Crippen LogP contribution is -2.20. The zero-order valence-corrected chi connectivity index (χ0v) is 21.7. The molecule has 0 saturated heterocycles. The predicted molar refractivity (Wildman–Crippen MR) is 140 cm³/mol. The number of rotatable bonds is 11. The molecular formula is C30H30O9. The fraction of sp³-hybridized carbons (Fsp3) is 0.333. The van der Waals surface area contributed by atoms with Gasteiger partial charge in [-0.05, 0) is 59.4 Å². The Morgan fingerprint density at radius 2 is 1.62 bits per heavy atom. The van der Waals surface area contributed by atoms with Gasteiger partial charge >= 0.3 is 11.9 Å². The molecule has 0 amide bonds. The zero-order valence-electron chi connectivity index (χ0n) is 21.7. The maximum Gasteiger partial charge on any atom is 0.341 e. The van der Waals surface area contributed by atoms with E-state index in [1.165, 1.54) is 7.11 Å². The molecule has 0 spiro atoms. The highest BCUT2D eigenvalue weighted by Crippen LogP contribution is 2.57. The van der Waals surface area contributed by atoms with Gasteiger partial charge in [0.25, 0.3) is 0 Å².